The molecule has 0 aliphatic carbocycles. The standard InChI is InChI=1S/C41H25N5S/c1-3-9-27(10-4-1)39-44-40(28-11-5-2-6-12-28)46-41(45-39)29-17-15-26(16-18-29)31-19-20-36-34(23-31)33-21-22-42-37(38(33)47-36)35-24-30-13-7-8-14-32(30)25-43-35/h1-25H. The van der Waals surface area contributed by atoms with Gasteiger partial charge in [-0.15, -0.1) is 11.3 Å². The first-order valence-corrected chi connectivity index (χ1v) is 16.2. The van der Waals surface area contributed by atoms with Crippen molar-refractivity contribution < 1.29 is 0 Å². The van der Waals surface area contributed by atoms with E-state index in [1.54, 1.807) is 11.3 Å². The number of nitrogens with zero attached hydrogens (tertiary/aromatic N) is 5. The maximum Gasteiger partial charge on any atom is 0.164 e. The molecule has 0 saturated carbocycles. The van der Waals surface area contributed by atoms with Crippen LogP contribution in [-0.4, -0.2) is 24.9 Å². The van der Waals surface area contributed by atoms with Crippen LogP contribution in [0.25, 0.3) is 87.6 Å². The Bertz CT molecular complexity index is 2500. The summed E-state index contributed by atoms with van der Waals surface area (Å²) in [5.74, 6) is 1.95. The van der Waals surface area contributed by atoms with Gasteiger partial charge in [-0.05, 0) is 40.8 Å². The maximum absolute atomic E-state index is 4.89. The molecule has 0 aliphatic heterocycles. The van der Waals surface area contributed by atoms with Crippen molar-refractivity contribution in [1.29, 1.82) is 0 Å². The Balaban J connectivity index is 1.09. The van der Waals surface area contributed by atoms with Gasteiger partial charge in [0.2, 0.25) is 0 Å². The predicted octanol–water partition coefficient (Wildman–Crippen LogP) is 10.5. The summed E-state index contributed by atoms with van der Waals surface area (Å²) in [5.41, 5.74) is 6.93. The average Bonchev–Trinajstić information content (AvgIpc) is 3.53. The Hall–Kier alpha value is -6.11. The fourth-order valence-electron chi connectivity index (χ4n) is 6.03. The molecule has 0 radical (unpaired) electrons. The van der Waals surface area contributed by atoms with Crippen LogP contribution in [0, 0.1) is 0 Å². The van der Waals surface area contributed by atoms with Crippen LogP contribution in [0.4, 0.5) is 0 Å². The second-order valence-corrected chi connectivity index (χ2v) is 12.4. The van der Waals surface area contributed by atoms with E-state index < -0.39 is 0 Å². The highest BCUT2D eigenvalue weighted by atomic mass is 32.1. The molecule has 0 N–H and O–H groups in total. The SMILES string of the molecule is c1ccc(-c2nc(-c3ccccc3)nc(-c3ccc(-c4ccc5sc6c(-c7cc8ccccc8cn7)nccc6c5c4)cc3)n2)cc1. The van der Waals surface area contributed by atoms with Gasteiger partial charge < -0.3 is 0 Å². The predicted molar refractivity (Wildman–Crippen MR) is 193 cm³/mol. The van der Waals surface area contributed by atoms with Gasteiger partial charge in [0.25, 0.3) is 0 Å². The van der Waals surface area contributed by atoms with Crippen molar-refractivity contribution in [2.24, 2.45) is 0 Å². The van der Waals surface area contributed by atoms with E-state index in [-0.39, 0.29) is 0 Å². The van der Waals surface area contributed by atoms with E-state index in [0.29, 0.717) is 17.5 Å². The smallest absolute Gasteiger partial charge is 0.164 e. The van der Waals surface area contributed by atoms with Crippen LogP contribution in [0.5, 0.6) is 0 Å². The third-order valence-corrected chi connectivity index (χ3v) is 9.63. The van der Waals surface area contributed by atoms with Crippen LogP contribution in [0.2, 0.25) is 0 Å². The molecule has 0 unspecified atom stereocenters. The van der Waals surface area contributed by atoms with E-state index in [1.165, 1.54) is 15.5 Å². The monoisotopic (exact) mass is 619 g/mol. The summed E-state index contributed by atoms with van der Waals surface area (Å²) in [6.07, 6.45) is 3.83. The number of benzene rings is 5. The van der Waals surface area contributed by atoms with Crippen LogP contribution in [0.1, 0.15) is 0 Å². The number of aromatic nitrogens is 5. The lowest BCUT2D eigenvalue weighted by molar-refractivity contribution is 1.07. The summed E-state index contributed by atoms with van der Waals surface area (Å²) >= 11 is 1.77. The van der Waals surface area contributed by atoms with Gasteiger partial charge in [0, 0.05) is 49.9 Å². The summed E-state index contributed by atoms with van der Waals surface area (Å²) in [7, 11) is 0. The van der Waals surface area contributed by atoms with Crippen molar-refractivity contribution >= 4 is 42.3 Å². The molecule has 0 spiro atoms. The van der Waals surface area contributed by atoms with Gasteiger partial charge in [-0.2, -0.15) is 0 Å². The summed E-state index contributed by atoms with van der Waals surface area (Å²) in [6, 6.07) is 47.8. The molecular weight excluding hydrogens is 595 g/mol. The number of fused-ring (bicyclic) bond motifs is 4. The van der Waals surface area contributed by atoms with Gasteiger partial charge in [0.05, 0.1) is 10.4 Å². The van der Waals surface area contributed by atoms with Gasteiger partial charge in [-0.1, -0.05) is 115 Å². The fraction of sp³-hybridized carbons (Fsp3) is 0. The maximum atomic E-state index is 4.89. The normalized spacial score (nSPS) is 11.4. The molecule has 4 heterocycles. The van der Waals surface area contributed by atoms with Crippen LogP contribution in [0.15, 0.2) is 152 Å². The fourth-order valence-corrected chi connectivity index (χ4v) is 7.20. The molecule has 9 aromatic rings. The molecule has 0 saturated heterocycles. The zero-order valence-electron chi connectivity index (χ0n) is 25.1. The highest BCUT2D eigenvalue weighted by Crippen LogP contribution is 2.40. The molecule has 9 rings (SSSR count). The Labute approximate surface area is 275 Å². The lowest BCUT2D eigenvalue weighted by Gasteiger charge is -2.09. The molecule has 47 heavy (non-hydrogen) atoms. The zero-order chi connectivity index (χ0) is 31.2. The van der Waals surface area contributed by atoms with Crippen molar-refractivity contribution in [1.82, 2.24) is 24.9 Å². The number of rotatable bonds is 5. The highest BCUT2D eigenvalue weighted by Gasteiger charge is 2.15. The van der Waals surface area contributed by atoms with Crippen LogP contribution in [0.3, 0.4) is 0 Å². The first-order chi connectivity index (χ1) is 23.3. The largest absolute Gasteiger partial charge is 0.254 e. The number of pyridine rings is 2. The summed E-state index contributed by atoms with van der Waals surface area (Å²) in [6.45, 7) is 0. The van der Waals surface area contributed by atoms with E-state index in [2.05, 4.69) is 72.8 Å². The van der Waals surface area contributed by atoms with E-state index in [1.807, 2.05) is 79.1 Å². The molecule has 0 fully saturated rings. The van der Waals surface area contributed by atoms with Crippen LogP contribution >= 0.6 is 11.3 Å². The third kappa shape index (κ3) is 5.01. The molecule has 4 aromatic heterocycles. The quantitative estimate of drug-likeness (QED) is 0.192. The lowest BCUT2D eigenvalue weighted by Crippen LogP contribution is -2.00. The van der Waals surface area contributed by atoms with Crippen molar-refractivity contribution in [2.75, 3.05) is 0 Å². The van der Waals surface area contributed by atoms with Crippen molar-refractivity contribution in [3.63, 3.8) is 0 Å². The molecule has 5 nitrogen and oxygen atoms in total. The zero-order valence-corrected chi connectivity index (χ0v) is 25.9. The third-order valence-electron chi connectivity index (χ3n) is 8.44. The van der Waals surface area contributed by atoms with Crippen molar-refractivity contribution in [2.45, 2.75) is 0 Å². The molecule has 220 valence electrons. The summed E-state index contributed by atoms with van der Waals surface area (Å²) < 4.78 is 2.37. The number of hydrogen-bond acceptors (Lipinski definition) is 6. The Morgan fingerprint density at radius 1 is 0.426 bits per heavy atom. The molecule has 0 atom stereocenters. The van der Waals surface area contributed by atoms with E-state index in [4.69, 9.17) is 24.9 Å². The average molecular weight is 620 g/mol. The van der Waals surface area contributed by atoms with Crippen molar-refractivity contribution in [3.05, 3.63) is 152 Å². The van der Waals surface area contributed by atoms with Gasteiger partial charge in [-0.25, -0.2) is 15.0 Å². The van der Waals surface area contributed by atoms with E-state index in [0.717, 1.165) is 54.7 Å². The van der Waals surface area contributed by atoms with Crippen LogP contribution < -0.4 is 0 Å². The number of thiophene rings is 1. The Kier molecular flexibility index (Phi) is 6.58. The topological polar surface area (TPSA) is 64.5 Å². The van der Waals surface area contributed by atoms with Gasteiger partial charge in [-0.3, -0.25) is 9.97 Å². The van der Waals surface area contributed by atoms with Gasteiger partial charge >= 0.3 is 0 Å². The van der Waals surface area contributed by atoms with E-state index in [9.17, 15) is 0 Å². The summed E-state index contributed by atoms with van der Waals surface area (Å²) in [4.78, 5) is 24.2. The minimum Gasteiger partial charge on any atom is -0.254 e. The highest BCUT2D eigenvalue weighted by molar-refractivity contribution is 7.26. The molecule has 5 aromatic carbocycles. The van der Waals surface area contributed by atoms with Crippen LogP contribution in [-0.2, 0) is 0 Å². The molecule has 6 heteroatoms. The first kappa shape index (κ1) is 27.2. The summed E-state index contributed by atoms with van der Waals surface area (Å²) in [5, 5.41) is 4.69. The Morgan fingerprint density at radius 2 is 1.00 bits per heavy atom. The van der Waals surface area contributed by atoms with Crippen molar-refractivity contribution in [3.8, 4) is 56.7 Å². The number of hydrogen-bond donors (Lipinski definition) is 0. The molecule has 0 aliphatic rings. The van der Waals surface area contributed by atoms with Gasteiger partial charge in [0.1, 0.15) is 5.69 Å². The lowest BCUT2D eigenvalue weighted by atomic mass is 10.0. The first-order valence-electron chi connectivity index (χ1n) is 15.4. The Morgan fingerprint density at radius 3 is 1.68 bits per heavy atom. The second-order valence-electron chi connectivity index (χ2n) is 11.4. The molecular formula is C41H25N5S. The van der Waals surface area contributed by atoms with E-state index >= 15 is 0 Å². The molecule has 0 bridgehead atoms. The minimum absolute atomic E-state index is 0.644. The second kappa shape index (κ2) is 11.4. The molecule has 0 amide bonds. The van der Waals surface area contributed by atoms with Gasteiger partial charge in [0.15, 0.2) is 17.5 Å². The minimum atomic E-state index is 0.644.